The topological polar surface area (TPSA) is 26.3 Å². The fourth-order valence-electron chi connectivity index (χ4n) is 1.31. The maximum Gasteiger partial charge on any atom is 0.381 e. The van der Waals surface area contributed by atoms with Crippen LogP contribution in [-0.2, 0) is 15.5 Å². The Morgan fingerprint density at radius 2 is 2.11 bits per heavy atom. The van der Waals surface area contributed by atoms with Crippen LogP contribution >= 0.6 is 23.4 Å². The van der Waals surface area contributed by atoms with Crippen molar-refractivity contribution in [1.29, 1.82) is 0 Å². The summed E-state index contributed by atoms with van der Waals surface area (Å²) in [5.41, 5.74) is -0.452. The molecule has 0 bridgehead atoms. The van der Waals surface area contributed by atoms with E-state index in [2.05, 4.69) is 4.74 Å². The lowest BCUT2D eigenvalue weighted by Gasteiger charge is -2.15. The highest BCUT2D eigenvalue weighted by molar-refractivity contribution is 7.99. The molecule has 0 aromatic heterocycles. The summed E-state index contributed by atoms with van der Waals surface area (Å²) >= 11 is 7.34. The standard InChI is InChI=1S/C12H13ClF2O2S/c1-3-17-11(16)12(14,15)8-5-6-10(18-4-2)9(13)7-8/h5-7H,3-4H2,1-2H3. The van der Waals surface area contributed by atoms with Crippen LogP contribution < -0.4 is 0 Å². The predicted molar refractivity (Wildman–Crippen MR) is 68.4 cm³/mol. The van der Waals surface area contributed by atoms with Gasteiger partial charge in [0.05, 0.1) is 11.6 Å². The van der Waals surface area contributed by atoms with Crippen LogP contribution in [0, 0.1) is 0 Å². The third kappa shape index (κ3) is 3.36. The van der Waals surface area contributed by atoms with Gasteiger partial charge in [0.1, 0.15) is 0 Å². The molecule has 1 rings (SSSR count). The summed E-state index contributed by atoms with van der Waals surface area (Å²) in [5.74, 6) is -4.44. The Hall–Kier alpha value is -0.810. The monoisotopic (exact) mass is 294 g/mol. The summed E-state index contributed by atoms with van der Waals surface area (Å²) in [6, 6.07) is 3.79. The van der Waals surface area contributed by atoms with E-state index in [-0.39, 0.29) is 11.6 Å². The van der Waals surface area contributed by atoms with Gasteiger partial charge in [-0.15, -0.1) is 11.8 Å². The largest absolute Gasteiger partial charge is 0.461 e. The SMILES string of the molecule is CCOC(=O)C(F)(F)c1ccc(SCC)c(Cl)c1. The van der Waals surface area contributed by atoms with Gasteiger partial charge in [-0.3, -0.25) is 0 Å². The van der Waals surface area contributed by atoms with E-state index in [0.717, 1.165) is 11.8 Å². The predicted octanol–water partition coefficient (Wildman–Crippen LogP) is 4.11. The van der Waals surface area contributed by atoms with E-state index >= 15 is 0 Å². The molecular formula is C12H13ClF2O2S. The third-order valence-electron chi connectivity index (χ3n) is 2.13. The molecule has 0 aliphatic heterocycles. The van der Waals surface area contributed by atoms with E-state index in [1.807, 2.05) is 6.92 Å². The van der Waals surface area contributed by atoms with E-state index in [0.29, 0.717) is 4.90 Å². The maximum atomic E-state index is 13.7. The number of halogens is 3. The highest BCUT2D eigenvalue weighted by Crippen LogP contribution is 2.35. The molecule has 2 nitrogen and oxygen atoms in total. The van der Waals surface area contributed by atoms with Crippen LogP contribution in [-0.4, -0.2) is 18.3 Å². The molecule has 0 saturated heterocycles. The minimum Gasteiger partial charge on any atom is -0.461 e. The highest BCUT2D eigenvalue weighted by Gasteiger charge is 2.42. The van der Waals surface area contributed by atoms with Crippen LogP contribution in [0.3, 0.4) is 0 Å². The summed E-state index contributed by atoms with van der Waals surface area (Å²) in [5, 5.41) is 0.211. The van der Waals surface area contributed by atoms with E-state index in [4.69, 9.17) is 11.6 Å². The average molecular weight is 295 g/mol. The van der Waals surface area contributed by atoms with Gasteiger partial charge in [0.25, 0.3) is 0 Å². The smallest absolute Gasteiger partial charge is 0.381 e. The Bertz CT molecular complexity index is 438. The van der Waals surface area contributed by atoms with Crippen LogP contribution in [0.15, 0.2) is 23.1 Å². The number of carbonyl (C=O) groups is 1. The van der Waals surface area contributed by atoms with Crippen LogP contribution in [0.5, 0.6) is 0 Å². The van der Waals surface area contributed by atoms with Crippen molar-refractivity contribution in [2.45, 2.75) is 24.7 Å². The molecule has 0 amide bonds. The average Bonchev–Trinajstić information content (AvgIpc) is 2.32. The molecule has 100 valence electrons. The molecule has 0 spiro atoms. The van der Waals surface area contributed by atoms with E-state index in [9.17, 15) is 13.6 Å². The summed E-state index contributed by atoms with van der Waals surface area (Å²) in [6.07, 6.45) is 0. The molecule has 0 radical (unpaired) electrons. The van der Waals surface area contributed by atoms with Gasteiger partial charge < -0.3 is 4.74 Å². The number of hydrogen-bond donors (Lipinski definition) is 0. The van der Waals surface area contributed by atoms with Gasteiger partial charge in [-0.25, -0.2) is 4.79 Å². The molecule has 0 atom stereocenters. The first kappa shape index (κ1) is 15.2. The van der Waals surface area contributed by atoms with Crippen molar-refractivity contribution < 1.29 is 18.3 Å². The summed E-state index contributed by atoms with van der Waals surface area (Å²) in [4.78, 5) is 11.9. The Morgan fingerprint density at radius 1 is 1.44 bits per heavy atom. The molecule has 0 N–H and O–H groups in total. The van der Waals surface area contributed by atoms with Crippen LogP contribution in [0.1, 0.15) is 19.4 Å². The molecule has 0 aliphatic rings. The van der Waals surface area contributed by atoms with Crippen LogP contribution in [0.2, 0.25) is 5.02 Å². The van der Waals surface area contributed by atoms with Gasteiger partial charge >= 0.3 is 11.9 Å². The molecule has 0 heterocycles. The Balaban J connectivity index is 3.03. The molecule has 0 saturated carbocycles. The normalized spacial score (nSPS) is 11.4. The fraction of sp³-hybridized carbons (Fsp3) is 0.417. The van der Waals surface area contributed by atoms with E-state index < -0.39 is 17.5 Å². The number of ether oxygens (including phenoxy) is 1. The van der Waals surface area contributed by atoms with Crippen molar-refractivity contribution in [2.75, 3.05) is 12.4 Å². The minimum absolute atomic E-state index is 0.0913. The first-order valence-corrected chi connectivity index (χ1v) is 6.77. The van der Waals surface area contributed by atoms with Crippen molar-refractivity contribution in [3.8, 4) is 0 Å². The van der Waals surface area contributed by atoms with Crippen molar-refractivity contribution in [2.24, 2.45) is 0 Å². The number of thioether (sulfide) groups is 1. The van der Waals surface area contributed by atoms with Crippen molar-refractivity contribution >= 4 is 29.3 Å². The molecule has 6 heteroatoms. The van der Waals surface area contributed by atoms with E-state index in [1.54, 1.807) is 0 Å². The van der Waals surface area contributed by atoms with Gasteiger partial charge in [-0.05, 0) is 24.8 Å². The lowest BCUT2D eigenvalue weighted by molar-refractivity contribution is -0.173. The molecule has 18 heavy (non-hydrogen) atoms. The lowest BCUT2D eigenvalue weighted by Crippen LogP contribution is -2.28. The fourth-order valence-corrected chi connectivity index (χ4v) is 2.32. The highest BCUT2D eigenvalue weighted by atomic mass is 35.5. The summed E-state index contributed by atoms with van der Waals surface area (Å²) in [7, 11) is 0. The van der Waals surface area contributed by atoms with Crippen LogP contribution in [0.25, 0.3) is 0 Å². The van der Waals surface area contributed by atoms with E-state index in [1.165, 1.54) is 30.8 Å². The second kappa shape index (κ2) is 6.38. The number of carbonyl (C=O) groups excluding carboxylic acids is 1. The quantitative estimate of drug-likeness (QED) is 0.604. The van der Waals surface area contributed by atoms with Gasteiger partial charge in [0.15, 0.2) is 0 Å². The van der Waals surface area contributed by atoms with Crippen molar-refractivity contribution in [1.82, 2.24) is 0 Å². The molecule has 1 aromatic carbocycles. The van der Waals surface area contributed by atoms with Gasteiger partial charge in [-0.1, -0.05) is 24.6 Å². The number of rotatable bonds is 5. The van der Waals surface area contributed by atoms with Crippen LogP contribution in [0.4, 0.5) is 8.78 Å². The Kier molecular flexibility index (Phi) is 5.41. The van der Waals surface area contributed by atoms with Gasteiger partial charge in [0.2, 0.25) is 0 Å². The second-order valence-corrected chi connectivity index (χ2v) is 5.09. The summed E-state index contributed by atoms with van der Waals surface area (Å²) < 4.78 is 31.7. The van der Waals surface area contributed by atoms with Crippen molar-refractivity contribution in [3.63, 3.8) is 0 Å². The number of benzene rings is 1. The zero-order valence-electron chi connectivity index (χ0n) is 10.0. The van der Waals surface area contributed by atoms with Gasteiger partial charge in [0, 0.05) is 10.5 Å². The molecule has 0 aliphatic carbocycles. The Labute approximate surface area is 114 Å². The van der Waals surface area contributed by atoms with Gasteiger partial charge in [-0.2, -0.15) is 8.78 Å². The third-order valence-corrected chi connectivity index (χ3v) is 3.51. The maximum absolute atomic E-state index is 13.7. The first-order chi connectivity index (χ1) is 8.43. The second-order valence-electron chi connectivity index (χ2n) is 3.37. The first-order valence-electron chi connectivity index (χ1n) is 5.41. The molecule has 1 aromatic rings. The summed E-state index contributed by atoms with van der Waals surface area (Å²) in [6.45, 7) is 3.32. The zero-order chi connectivity index (χ0) is 13.8. The lowest BCUT2D eigenvalue weighted by atomic mass is 10.1. The molecular weight excluding hydrogens is 282 g/mol. The molecule has 0 unspecified atom stereocenters. The van der Waals surface area contributed by atoms with Crippen molar-refractivity contribution in [3.05, 3.63) is 28.8 Å². The molecule has 0 fully saturated rings. The Morgan fingerprint density at radius 3 is 2.61 bits per heavy atom. The minimum atomic E-state index is -3.67. The number of alkyl halides is 2. The number of hydrogen-bond acceptors (Lipinski definition) is 3. The zero-order valence-corrected chi connectivity index (χ0v) is 11.6. The number of esters is 1.